The number of alkyl halides is 2. The molecule has 0 amide bonds. The van der Waals surface area contributed by atoms with Crippen molar-refractivity contribution in [1.29, 1.82) is 0 Å². The van der Waals surface area contributed by atoms with E-state index in [0.29, 0.717) is 12.5 Å². The number of nitrogens with zero attached hydrogens (tertiary/aromatic N) is 1. The second kappa shape index (κ2) is 4.72. The van der Waals surface area contributed by atoms with E-state index in [1.54, 1.807) is 0 Å². The van der Waals surface area contributed by atoms with Gasteiger partial charge in [0.1, 0.15) is 0 Å². The smallest absolute Gasteiger partial charge is 0.251 e. The lowest BCUT2D eigenvalue weighted by atomic mass is 9.97. The summed E-state index contributed by atoms with van der Waals surface area (Å²) < 4.78 is 23.9. The van der Waals surface area contributed by atoms with E-state index in [1.807, 2.05) is 4.90 Å². The SMILES string of the molecule is NCC1CCN(CC(F)F)CC1. The molecule has 1 fully saturated rings. The van der Waals surface area contributed by atoms with Gasteiger partial charge in [-0.25, -0.2) is 8.78 Å². The first-order valence-electron chi connectivity index (χ1n) is 4.43. The van der Waals surface area contributed by atoms with Gasteiger partial charge in [0, 0.05) is 0 Å². The summed E-state index contributed by atoms with van der Waals surface area (Å²) in [6, 6.07) is 0. The topological polar surface area (TPSA) is 29.3 Å². The van der Waals surface area contributed by atoms with Gasteiger partial charge < -0.3 is 5.73 Å². The van der Waals surface area contributed by atoms with Gasteiger partial charge in [0.15, 0.2) is 0 Å². The van der Waals surface area contributed by atoms with Crippen molar-refractivity contribution < 1.29 is 8.78 Å². The number of hydrogen-bond acceptors (Lipinski definition) is 2. The van der Waals surface area contributed by atoms with Crippen molar-refractivity contribution in [2.24, 2.45) is 11.7 Å². The molecule has 0 aromatic rings. The van der Waals surface area contributed by atoms with Gasteiger partial charge in [-0.1, -0.05) is 0 Å². The minimum atomic E-state index is -2.19. The van der Waals surface area contributed by atoms with Crippen molar-refractivity contribution in [3.05, 3.63) is 0 Å². The summed E-state index contributed by atoms with van der Waals surface area (Å²) in [6.07, 6.45) is -0.244. The number of hydrogen-bond donors (Lipinski definition) is 1. The Labute approximate surface area is 71.7 Å². The lowest BCUT2D eigenvalue weighted by Gasteiger charge is -2.30. The Bertz CT molecular complexity index is 122. The molecule has 1 saturated heterocycles. The highest BCUT2D eigenvalue weighted by molar-refractivity contribution is 4.72. The lowest BCUT2D eigenvalue weighted by Crippen LogP contribution is -2.38. The van der Waals surface area contributed by atoms with Crippen LogP contribution < -0.4 is 5.73 Å². The first-order valence-corrected chi connectivity index (χ1v) is 4.43. The third-order valence-corrected chi connectivity index (χ3v) is 2.44. The van der Waals surface area contributed by atoms with Gasteiger partial charge in [-0.2, -0.15) is 0 Å². The molecular formula is C8H16F2N2. The summed E-state index contributed by atoms with van der Waals surface area (Å²) in [4.78, 5) is 1.82. The van der Waals surface area contributed by atoms with E-state index < -0.39 is 6.43 Å². The standard InChI is InChI=1S/C8H16F2N2/c9-8(10)6-12-3-1-7(5-11)2-4-12/h7-8H,1-6,11H2. The first-order chi connectivity index (χ1) is 5.72. The maximum Gasteiger partial charge on any atom is 0.251 e. The predicted molar refractivity (Wildman–Crippen MR) is 44.2 cm³/mol. The number of likely N-dealkylation sites (tertiary alicyclic amines) is 1. The normalized spacial score (nSPS) is 22.0. The summed E-state index contributed by atoms with van der Waals surface area (Å²) >= 11 is 0. The van der Waals surface area contributed by atoms with Crippen LogP contribution in [0.1, 0.15) is 12.8 Å². The van der Waals surface area contributed by atoms with Crippen LogP contribution in [0.15, 0.2) is 0 Å². The molecule has 1 rings (SSSR count). The van der Waals surface area contributed by atoms with Gasteiger partial charge >= 0.3 is 0 Å². The van der Waals surface area contributed by atoms with Crippen molar-refractivity contribution in [2.75, 3.05) is 26.2 Å². The van der Waals surface area contributed by atoms with E-state index in [9.17, 15) is 8.78 Å². The Balaban J connectivity index is 2.17. The van der Waals surface area contributed by atoms with Crippen LogP contribution >= 0.6 is 0 Å². The van der Waals surface area contributed by atoms with Crippen LogP contribution in [0.2, 0.25) is 0 Å². The van der Waals surface area contributed by atoms with E-state index in [4.69, 9.17) is 5.73 Å². The zero-order valence-electron chi connectivity index (χ0n) is 7.18. The number of halogens is 2. The Kier molecular flexibility index (Phi) is 3.88. The van der Waals surface area contributed by atoms with Crippen LogP contribution in [0, 0.1) is 5.92 Å². The predicted octanol–water partition coefficient (Wildman–Crippen LogP) is 0.922. The largest absolute Gasteiger partial charge is 0.330 e. The van der Waals surface area contributed by atoms with Crippen LogP contribution in [0.3, 0.4) is 0 Å². The summed E-state index contributed by atoms with van der Waals surface area (Å²) in [7, 11) is 0. The van der Waals surface area contributed by atoms with E-state index >= 15 is 0 Å². The molecule has 72 valence electrons. The van der Waals surface area contributed by atoms with Gasteiger partial charge in [-0.15, -0.1) is 0 Å². The van der Waals surface area contributed by atoms with E-state index in [0.717, 1.165) is 25.9 Å². The average Bonchev–Trinajstić information content (AvgIpc) is 2.05. The number of nitrogens with two attached hydrogens (primary N) is 1. The molecule has 1 heterocycles. The molecule has 1 aliphatic rings. The molecule has 4 heteroatoms. The first kappa shape index (κ1) is 9.86. The van der Waals surface area contributed by atoms with Crippen LogP contribution in [-0.4, -0.2) is 37.5 Å². The molecule has 0 atom stereocenters. The van der Waals surface area contributed by atoms with Crippen molar-refractivity contribution in [2.45, 2.75) is 19.3 Å². The number of rotatable bonds is 3. The zero-order chi connectivity index (χ0) is 8.97. The van der Waals surface area contributed by atoms with E-state index in [2.05, 4.69) is 0 Å². The monoisotopic (exact) mass is 178 g/mol. The molecule has 0 saturated carbocycles. The fourth-order valence-electron chi connectivity index (χ4n) is 1.60. The van der Waals surface area contributed by atoms with Crippen LogP contribution in [0.4, 0.5) is 8.78 Å². The Morgan fingerprint density at radius 3 is 2.33 bits per heavy atom. The van der Waals surface area contributed by atoms with Crippen LogP contribution in [-0.2, 0) is 0 Å². The highest BCUT2D eigenvalue weighted by Gasteiger charge is 2.19. The Morgan fingerprint density at radius 1 is 1.33 bits per heavy atom. The van der Waals surface area contributed by atoms with E-state index in [1.165, 1.54) is 0 Å². The molecule has 0 aromatic heterocycles. The lowest BCUT2D eigenvalue weighted by molar-refractivity contribution is 0.0699. The zero-order valence-corrected chi connectivity index (χ0v) is 7.18. The molecule has 2 nitrogen and oxygen atoms in total. The van der Waals surface area contributed by atoms with E-state index in [-0.39, 0.29) is 6.54 Å². The molecule has 0 radical (unpaired) electrons. The third kappa shape index (κ3) is 3.03. The van der Waals surface area contributed by atoms with Gasteiger partial charge in [0.25, 0.3) is 6.43 Å². The van der Waals surface area contributed by atoms with Gasteiger partial charge in [-0.05, 0) is 38.4 Å². The minimum absolute atomic E-state index is 0.0721. The highest BCUT2D eigenvalue weighted by atomic mass is 19.3. The van der Waals surface area contributed by atoms with Crippen LogP contribution in [0.5, 0.6) is 0 Å². The molecule has 0 spiro atoms. The Morgan fingerprint density at radius 2 is 1.92 bits per heavy atom. The third-order valence-electron chi connectivity index (χ3n) is 2.44. The average molecular weight is 178 g/mol. The summed E-state index contributed by atoms with van der Waals surface area (Å²) in [5.41, 5.74) is 5.48. The molecule has 1 aliphatic heterocycles. The summed E-state index contributed by atoms with van der Waals surface area (Å²) in [6.45, 7) is 2.19. The van der Waals surface area contributed by atoms with Crippen LogP contribution in [0.25, 0.3) is 0 Å². The maximum atomic E-state index is 11.9. The fourth-order valence-corrected chi connectivity index (χ4v) is 1.60. The second-order valence-corrected chi connectivity index (χ2v) is 3.37. The molecular weight excluding hydrogens is 162 g/mol. The van der Waals surface area contributed by atoms with Gasteiger partial charge in [0.05, 0.1) is 6.54 Å². The Hall–Kier alpha value is -0.220. The maximum absolute atomic E-state index is 11.9. The molecule has 2 N–H and O–H groups in total. The van der Waals surface area contributed by atoms with Crippen molar-refractivity contribution in [1.82, 2.24) is 4.90 Å². The fraction of sp³-hybridized carbons (Fsp3) is 1.00. The number of piperidine rings is 1. The second-order valence-electron chi connectivity index (χ2n) is 3.37. The quantitative estimate of drug-likeness (QED) is 0.696. The molecule has 0 aromatic carbocycles. The van der Waals surface area contributed by atoms with Crippen molar-refractivity contribution in [3.8, 4) is 0 Å². The highest BCUT2D eigenvalue weighted by Crippen LogP contribution is 2.16. The molecule has 0 unspecified atom stereocenters. The summed E-state index contributed by atoms with van der Waals surface area (Å²) in [5.74, 6) is 0.555. The molecule has 0 bridgehead atoms. The van der Waals surface area contributed by atoms with Gasteiger partial charge in [0.2, 0.25) is 0 Å². The minimum Gasteiger partial charge on any atom is -0.330 e. The summed E-state index contributed by atoms with van der Waals surface area (Å²) in [5, 5.41) is 0. The van der Waals surface area contributed by atoms with Crippen molar-refractivity contribution in [3.63, 3.8) is 0 Å². The molecule has 12 heavy (non-hydrogen) atoms. The van der Waals surface area contributed by atoms with Gasteiger partial charge in [-0.3, -0.25) is 4.90 Å². The van der Waals surface area contributed by atoms with Crippen molar-refractivity contribution >= 4 is 0 Å². The molecule has 0 aliphatic carbocycles.